The zero-order valence-corrected chi connectivity index (χ0v) is 13.7. The molecular formula is C16H26N4S. The molecule has 0 saturated heterocycles. The molecule has 0 amide bonds. The number of nitrogens with two attached hydrogens (primary N) is 1. The van der Waals surface area contributed by atoms with Crippen LogP contribution in [0.4, 0.5) is 0 Å². The SMILES string of the molecule is CCC1CCC(N)C(Sc2nnc(C3CC3)n2C2CC2)C1. The van der Waals surface area contributed by atoms with Crippen LogP contribution in [0.2, 0.25) is 0 Å². The van der Waals surface area contributed by atoms with Crippen LogP contribution in [0.15, 0.2) is 5.16 Å². The van der Waals surface area contributed by atoms with Crippen LogP contribution < -0.4 is 5.73 Å². The van der Waals surface area contributed by atoms with Crippen molar-refractivity contribution in [3.05, 3.63) is 5.82 Å². The molecule has 4 nitrogen and oxygen atoms in total. The highest BCUT2D eigenvalue weighted by Crippen LogP contribution is 2.47. The van der Waals surface area contributed by atoms with E-state index in [4.69, 9.17) is 5.73 Å². The third-order valence-electron chi connectivity index (χ3n) is 5.33. The highest BCUT2D eigenvalue weighted by atomic mass is 32.2. The topological polar surface area (TPSA) is 56.7 Å². The molecule has 5 heteroatoms. The molecule has 3 unspecified atom stereocenters. The minimum absolute atomic E-state index is 0.325. The van der Waals surface area contributed by atoms with Crippen LogP contribution >= 0.6 is 11.8 Å². The van der Waals surface area contributed by atoms with Crippen molar-refractivity contribution in [3.8, 4) is 0 Å². The molecule has 1 heterocycles. The number of thioether (sulfide) groups is 1. The van der Waals surface area contributed by atoms with Crippen molar-refractivity contribution < 1.29 is 0 Å². The molecule has 1 aromatic heterocycles. The van der Waals surface area contributed by atoms with Gasteiger partial charge in [0.1, 0.15) is 5.82 Å². The fourth-order valence-electron chi connectivity index (χ4n) is 3.54. The van der Waals surface area contributed by atoms with Crippen molar-refractivity contribution >= 4 is 11.8 Å². The first-order valence-electron chi connectivity index (χ1n) is 8.63. The number of hydrogen-bond acceptors (Lipinski definition) is 4. The van der Waals surface area contributed by atoms with Crippen LogP contribution in [-0.4, -0.2) is 26.1 Å². The summed E-state index contributed by atoms with van der Waals surface area (Å²) in [5.41, 5.74) is 6.39. The fourth-order valence-corrected chi connectivity index (χ4v) is 4.94. The second-order valence-corrected chi connectivity index (χ2v) is 8.33. The van der Waals surface area contributed by atoms with Crippen LogP contribution in [0.3, 0.4) is 0 Å². The molecule has 3 fully saturated rings. The molecule has 2 N–H and O–H groups in total. The third-order valence-corrected chi connectivity index (χ3v) is 6.66. The molecule has 21 heavy (non-hydrogen) atoms. The predicted molar refractivity (Wildman–Crippen MR) is 85.5 cm³/mol. The van der Waals surface area contributed by atoms with Crippen LogP contribution in [0, 0.1) is 5.92 Å². The first-order valence-corrected chi connectivity index (χ1v) is 9.51. The van der Waals surface area contributed by atoms with Gasteiger partial charge in [0.2, 0.25) is 0 Å². The Balaban J connectivity index is 1.53. The van der Waals surface area contributed by atoms with Gasteiger partial charge in [-0.15, -0.1) is 10.2 Å². The summed E-state index contributed by atoms with van der Waals surface area (Å²) in [5.74, 6) is 2.80. The van der Waals surface area contributed by atoms with E-state index in [0.29, 0.717) is 23.3 Å². The average Bonchev–Trinajstić information content (AvgIpc) is 3.40. The first-order chi connectivity index (χ1) is 10.3. The van der Waals surface area contributed by atoms with E-state index in [1.54, 1.807) is 0 Å². The maximum Gasteiger partial charge on any atom is 0.191 e. The Bertz CT molecular complexity index is 506. The van der Waals surface area contributed by atoms with E-state index >= 15 is 0 Å². The summed E-state index contributed by atoms with van der Waals surface area (Å²) in [5, 5.41) is 10.7. The maximum atomic E-state index is 6.39. The molecule has 4 rings (SSSR count). The normalized spacial score (nSPS) is 33.3. The van der Waals surface area contributed by atoms with E-state index in [1.807, 2.05) is 11.8 Å². The van der Waals surface area contributed by atoms with Gasteiger partial charge in [-0.1, -0.05) is 25.1 Å². The van der Waals surface area contributed by atoms with Crippen molar-refractivity contribution in [2.45, 2.75) is 86.7 Å². The minimum atomic E-state index is 0.325. The van der Waals surface area contributed by atoms with E-state index in [-0.39, 0.29) is 0 Å². The Hall–Kier alpha value is -0.550. The van der Waals surface area contributed by atoms with Crippen molar-refractivity contribution in [1.29, 1.82) is 0 Å². The average molecular weight is 306 g/mol. The van der Waals surface area contributed by atoms with Gasteiger partial charge in [0.05, 0.1) is 0 Å². The van der Waals surface area contributed by atoms with Gasteiger partial charge in [0.15, 0.2) is 5.16 Å². The molecular weight excluding hydrogens is 280 g/mol. The molecule has 3 atom stereocenters. The Morgan fingerprint density at radius 1 is 1.14 bits per heavy atom. The molecule has 0 aliphatic heterocycles. The van der Waals surface area contributed by atoms with E-state index in [1.165, 1.54) is 57.2 Å². The van der Waals surface area contributed by atoms with Gasteiger partial charge in [-0.25, -0.2) is 0 Å². The smallest absolute Gasteiger partial charge is 0.191 e. The summed E-state index contributed by atoms with van der Waals surface area (Å²) in [4.78, 5) is 0. The lowest BCUT2D eigenvalue weighted by Gasteiger charge is -2.33. The lowest BCUT2D eigenvalue weighted by atomic mass is 9.84. The summed E-state index contributed by atoms with van der Waals surface area (Å²) < 4.78 is 2.46. The predicted octanol–water partition coefficient (Wildman–Crippen LogP) is 3.49. The third kappa shape index (κ3) is 2.87. The van der Waals surface area contributed by atoms with Crippen LogP contribution in [0.1, 0.15) is 76.1 Å². The van der Waals surface area contributed by atoms with E-state index < -0.39 is 0 Å². The van der Waals surface area contributed by atoms with E-state index in [2.05, 4.69) is 21.7 Å². The Morgan fingerprint density at radius 3 is 2.62 bits per heavy atom. The van der Waals surface area contributed by atoms with Gasteiger partial charge in [0, 0.05) is 23.3 Å². The van der Waals surface area contributed by atoms with Gasteiger partial charge in [-0.2, -0.15) is 0 Å². The molecule has 0 radical (unpaired) electrons. The number of rotatable bonds is 5. The van der Waals surface area contributed by atoms with Gasteiger partial charge in [-0.3, -0.25) is 0 Å². The quantitative estimate of drug-likeness (QED) is 0.904. The summed E-state index contributed by atoms with van der Waals surface area (Å²) in [7, 11) is 0. The monoisotopic (exact) mass is 306 g/mol. The summed E-state index contributed by atoms with van der Waals surface area (Å²) >= 11 is 1.92. The zero-order chi connectivity index (χ0) is 14.4. The highest BCUT2D eigenvalue weighted by molar-refractivity contribution is 7.99. The summed E-state index contributed by atoms with van der Waals surface area (Å²) in [6, 6.07) is 1.01. The van der Waals surface area contributed by atoms with Crippen molar-refractivity contribution in [1.82, 2.24) is 14.8 Å². The van der Waals surface area contributed by atoms with Gasteiger partial charge >= 0.3 is 0 Å². The lowest BCUT2D eigenvalue weighted by molar-refractivity contribution is 0.327. The molecule has 3 saturated carbocycles. The number of nitrogens with zero attached hydrogens (tertiary/aromatic N) is 3. The Morgan fingerprint density at radius 2 is 1.95 bits per heavy atom. The Labute approximate surface area is 131 Å². The minimum Gasteiger partial charge on any atom is -0.327 e. The van der Waals surface area contributed by atoms with Gasteiger partial charge in [-0.05, 0) is 50.9 Å². The summed E-state index contributed by atoms with van der Waals surface area (Å²) in [6.07, 6.45) is 10.2. The molecule has 1 aromatic rings. The molecule has 3 aliphatic carbocycles. The van der Waals surface area contributed by atoms with Crippen LogP contribution in [0.5, 0.6) is 0 Å². The van der Waals surface area contributed by atoms with E-state index in [9.17, 15) is 0 Å². The van der Waals surface area contributed by atoms with Gasteiger partial charge < -0.3 is 10.3 Å². The largest absolute Gasteiger partial charge is 0.327 e. The molecule has 0 bridgehead atoms. The second kappa shape index (κ2) is 5.58. The van der Waals surface area contributed by atoms with Gasteiger partial charge in [0.25, 0.3) is 0 Å². The summed E-state index contributed by atoms with van der Waals surface area (Å²) in [6.45, 7) is 2.31. The van der Waals surface area contributed by atoms with Crippen molar-refractivity contribution in [3.63, 3.8) is 0 Å². The van der Waals surface area contributed by atoms with Crippen LogP contribution in [0.25, 0.3) is 0 Å². The molecule has 0 aromatic carbocycles. The van der Waals surface area contributed by atoms with Crippen molar-refractivity contribution in [2.75, 3.05) is 0 Å². The molecule has 116 valence electrons. The number of hydrogen-bond donors (Lipinski definition) is 1. The fraction of sp³-hybridized carbons (Fsp3) is 0.875. The number of aromatic nitrogens is 3. The maximum absolute atomic E-state index is 6.39. The lowest BCUT2D eigenvalue weighted by Crippen LogP contribution is -2.38. The molecule has 0 spiro atoms. The second-order valence-electron chi connectivity index (χ2n) is 7.12. The van der Waals surface area contributed by atoms with Crippen LogP contribution in [-0.2, 0) is 0 Å². The van der Waals surface area contributed by atoms with Crippen molar-refractivity contribution in [2.24, 2.45) is 11.7 Å². The standard InChI is InChI=1S/C16H26N4S/c1-2-10-3-8-13(17)14(9-10)21-16-19-18-15(11-4-5-11)20(16)12-6-7-12/h10-14H,2-9,17H2,1H3. The van der Waals surface area contributed by atoms with E-state index in [0.717, 1.165) is 11.1 Å². The Kier molecular flexibility index (Phi) is 3.74. The zero-order valence-electron chi connectivity index (χ0n) is 12.9. The first kappa shape index (κ1) is 14.1. The molecule has 3 aliphatic rings. The highest BCUT2D eigenvalue weighted by Gasteiger charge is 2.38.